The maximum absolute atomic E-state index is 12.4. The van der Waals surface area contributed by atoms with Gasteiger partial charge in [-0.1, -0.05) is 26.7 Å². The molecule has 0 saturated carbocycles. The number of aliphatic carboxylic acids is 1. The summed E-state index contributed by atoms with van der Waals surface area (Å²) in [7, 11) is 0. The SMILES string of the molecule is CCC(C)C(NC(=O)C(C)NC(=O)C(CS)NC(=O)C(N)CCCCN)C(=O)O. The lowest BCUT2D eigenvalue weighted by Gasteiger charge is -2.24. The van der Waals surface area contributed by atoms with Gasteiger partial charge in [0.1, 0.15) is 18.1 Å². The van der Waals surface area contributed by atoms with Gasteiger partial charge in [-0.15, -0.1) is 0 Å². The topological polar surface area (TPSA) is 177 Å². The van der Waals surface area contributed by atoms with Gasteiger partial charge >= 0.3 is 5.97 Å². The first-order chi connectivity index (χ1) is 13.6. The Morgan fingerprint density at radius 3 is 2.10 bits per heavy atom. The first-order valence-electron chi connectivity index (χ1n) is 9.79. The van der Waals surface area contributed by atoms with Crippen molar-refractivity contribution in [2.45, 2.75) is 70.6 Å². The quantitative estimate of drug-likeness (QED) is 0.135. The predicted octanol–water partition coefficient (Wildman–Crippen LogP) is -1.02. The summed E-state index contributed by atoms with van der Waals surface area (Å²) in [5.41, 5.74) is 11.2. The summed E-state index contributed by atoms with van der Waals surface area (Å²) < 4.78 is 0. The number of carbonyl (C=O) groups is 4. The van der Waals surface area contributed by atoms with Gasteiger partial charge < -0.3 is 32.5 Å². The second kappa shape index (κ2) is 14.2. The van der Waals surface area contributed by atoms with E-state index in [0.717, 1.165) is 6.42 Å². The van der Waals surface area contributed by atoms with Crippen LogP contribution in [-0.4, -0.2) is 65.3 Å². The number of unbranched alkanes of at least 4 members (excludes halogenated alkanes) is 1. The van der Waals surface area contributed by atoms with Crippen LogP contribution >= 0.6 is 12.6 Å². The van der Waals surface area contributed by atoms with Crippen molar-refractivity contribution in [3.05, 3.63) is 0 Å². The summed E-state index contributed by atoms with van der Waals surface area (Å²) >= 11 is 4.07. The molecule has 10 nitrogen and oxygen atoms in total. The van der Waals surface area contributed by atoms with Gasteiger partial charge in [-0.05, 0) is 32.2 Å². The summed E-state index contributed by atoms with van der Waals surface area (Å²) in [6.45, 7) is 5.47. The highest BCUT2D eigenvalue weighted by Gasteiger charge is 2.29. The molecule has 168 valence electrons. The number of carbonyl (C=O) groups excluding carboxylic acids is 3. The van der Waals surface area contributed by atoms with Gasteiger partial charge in [0.2, 0.25) is 17.7 Å². The minimum atomic E-state index is -1.14. The molecular formula is C18H35N5O5S. The van der Waals surface area contributed by atoms with Gasteiger partial charge in [-0.2, -0.15) is 12.6 Å². The molecule has 0 aromatic heterocycles. The number of hydrogen-bond donors (Lipinski definition) is 7. The summed E-state index contributed by atoms with van der Waals surface area (Å²) in [4.78, 5) is 48.1. The third-order valence-corrected chi connectivity index (χ3v) is 5.02. The Kier molecular flexibility index (Phi) is 13.3. The molecule has 0 rings (SSSR count). The molecule has 5 atom stereocenters. The summed E-state index contributed by atoms with van der Waals surface area (Å²) in [6, 6.07) is -3.81. The van der Waals surface area contributed by atoms with Crippen molar-refractivity contribution in [2.24, 2.45) is 17.4 Å². The number of nitrogens with one attached hydrogen (secondary N) is 3. The van der Waals surface area contributed by atoms with E-state index in [1.54, 1.807) is 6.92 Å². The highest BCUT2D eigenvalue weighted by molar-refractivity contribution is 7.80. The molecule has 0 aliphatic rings. The number of hydrogen-bond acceptors (Lipinski definition) is 7. The third-order valence-electron chi connectivity index (χ3n) is 4.65. The molecule has 0 aromatic rings. The van der Waals surface area contributed by atoms with Crippen molar-refractivity contribution in [1.82, 2.24) is 16.0 Å². The van der Waals surface area contributed by atoms with E-state index < -0.39 is 47.9 Å². The zero-order chi connectivity index (χ0) is 22.6. The molecule has 0 saturated heterocycles. The van der Waals surface area contributed by atoms with E-state index in [0.29, 0.717) is 25.8 Å². The first-order valence-corrected chi connectivity index (χ1v) is 10.4. The van der Waals surface area contributed by atoms with Crippen molar-refractivity contribution < 1.29 is 24.3 Å². The second-order valence-electron chi connectivity index (χ2n) is 7.08. The van der Waals surface area contributed by atoms with E-state index in [2.05, 4.69) is 28.6 Å². The number of carboxylic acids is 1. The van der Waals surface area contributed by atoms with E-state index in [-0.39, 0.29) is 11.7 Å². The molecule has 0 aliphatic carbocycles. The van der Waals surface area contributed by atoms with Crippen LogP contribution in [0.5, 0.6) is 0 Å². The molecule has 8 N–H and O–H groups in total. The Labute approximate surface area is 177 Å². The Bertz CT molecular complexity index is 563. The Morgan fingerprint density at radius 1 is 1.00 bits per heavy atom. The lowest BCUT2D eigenvalue weighted by atomic mass is 9.99. The van der Waals surface area contributed by atoms with Crippen LogP contribution in [0.15, 0.2) is 0 Å². The molecule has 0 bridgehead atoms. The lowest BCUT2D eigenvalue weighted by molar-refractivity contribution is -0.143. The molecule has 0 aromatic carbocycles. The molecule has 0 heterocycles. The minimum Gasteiger partial charge on any atom is -0.480 e. The summed E-state index contributed by atoms with van der Waals surface area (Å²) in [5, 5.41) is 16.7. The van der Waals surface area contributed by atoms with E-state index in [9.17, 15) is 24.3 Å². The van der Waals surface area contributed by atoms with Crippen molar-refractivity contribution in [1.29, 1.82) is 0 Å². The fraction of sp³-hybridized carbons (Fsp3) is 0.778. The van der Waals surface area contributed by atoms with Crippen molar-refractivity contribution in [3.8, 4) is 0 Å². The summed E-state index contributed by atoms with van der Waals surface area (Å²) in [6.07, 6.45) is 2.45. The number of nitrogens with two attached hydrogens (primary N) is 2. The Balaban J connectivity index is 4.77. The lowest BCUT2D eigenvalue weighted by Crippen LogP contribution is -2.57. The molecule has 5 unspecified atom stereocenters. The molecule has 29 heavy (non-hydrogen) atoms. The van der Waals surface area contributed by atoms with Crippen LogP contribution in [0.1, 0.15) is 46.5 Å². The third kappa shape index (κ3) is 9.95. The molecule has 0 radical (unpaired) electrons. The molecule has 0 spiro atoms. The van der Waals surface area contributed by atoms with Crippen LogP contribution < -0.4 is 27.4 Å². The van der Waals surface area contributed by atoms with Crippen LogP contribution in [0.4, 0.5) is 0 Å². The highest BCUT2D eigenvalue weighted by Crippen LogP contribution is 2.08. The monoisotopic (exact) mass is 433 g/mol. The van der Waals surface area contributed by atoms with Gasteiger partial charge in [0, 0.05) is 5.75 Å². The normalized spacial score (nSPS) is 16.1. The van der Waals surface area contributed by atoms with Crippen LogP contribution in [-0.2, 0) is 19.2 Å². The van der Waals surface area contributed by atoms with Gasteiger partial charge in [0.25, 0.3) is 0 Å². The zero-order valence-corrected chi connectivity index (χ0v) is 18.2. The summed E-state index contributed by atoms with van der Waals surface area (Å²) in [5.74, 6) is -3.14. The van der Waals surface area contributed by atoms with Crippen LogP contribution in [0, 0.1) is 5.92 Å². The van der Waals surface area contributed by atoms with Crippen LogP contribution in [0.3, 0.4) is 0 Å². The van der Waals surface area contributed by atoms with Gasteiger partial charge in [0.05, 0.1) is 6.04 Å². The van der Waals surface area contributed by atoms with E-state index in [4.69, 9.17) is 11.5 Å². The maximum atomic E-state index is 12.4. The number of rotatable bonds is 14. The molecule has 11 heteroatoms. The predicted molar refractivity (Wildman–Crippen MR) is 113 cm³/mol. The smallest absolute Gasteiger partial charge is 0.326 e. The first kappa shape index (κ1) is 27.1. The van der Waals surface area contributed by atoms with Gasteiger partial charge in [-0.25, -0.2) is 4.79 Å². The maximum Gasteiger partial charge on any atom is 0.326 e. The van der Waals surface area contributed by atoms with E-state index >= 15 is 0 Å². The van der Waals surface area contributed by atoms with Crippen LogP contribution in [0.25, 0.3) is 0 Å². The van der Waals surface area contributed by atoms with Gasteiger partial charge in [0.15, 0.2) is 0 Å². The standard InChI is InChI=1S/C18H35N5O5S/c1-4-10(2)14(18(27)28)23-15(24)11(3)21-17(26)13(9-29)22-16(25)12(20)7-5-6-8-19/h10-14,29H,4-9,19-20H2,1-3H3,(H,21,26)(H,22,25)(H,23,24)(H,27,28). The second-order valence-corrected chi connectivity index (χ2v) is 7.44. The number of thiol groups is 1. The van der Waals surface area contributed by atoms with Crippen LogP contribution in [0.2, 0.25) is 0 Å². The molecule has 3 amide bonds. The average Bonchev–Trinajstić information content (AvgIpc) is 2.68. The molecular weight excluding hydrogens is 398 g/mol. The number of amides is 3. The van der Waals surface area contributed by atoms with E-state index in [1.165, 1.54) is 6.92 Å². The average molecular weight is 434 g/mol. The highest BCUT2D eigenvalue weighted by atomic mass is 32.1. The van der Waals surface area contributed by atoms with E-state index in [1.807, 2.05) is 6.92 Å². The van der Waals surface area contributed by atoms with Crippen molar-refractivity contribution in [3.63, 3.8) is 0 Å². The minimum absolute atomic E-state index is 0.00600. The Morgan fingerprint density at radius 2 is 1.62 bits per heavy atom. The van der Waals surface area contributed by atoms with Crippen molar-refractivity contribution in [2.75, 3.05) is 12.3 Å². The fourth-order valence-electron chi connectivity index (χ4n) is 2.45. The molecule has 0 fully saturated rings. The fourth-order valence-corrected chi connectivity index (χ4v) is 2.71. The largest absolute Gasteiger partial charge is 0.480 e. The van der Waals surface area contributed by atoms with Gasteiger partial charge in [-0.3, -0.25) is 14.4 Å². The van der Waals surface area contributed by atoms with Crippen molar-refractivity contribution >= 4 is 36.3 Å². The molecule has 0 aliphatic heterocycles. The Hall–Kier alpha value is -1.85. The number of carboxylic acid groups (broad SMARTS) is 1. The zero-order valence-electron chi connectivity index (χ0n) is 17.3.